The summed E-state index contributed by atoms with van der Waals surface area (Å²) in [5.74, 6) is -0.0587. The molecule has 8 nitrogen and oxygen atoms in total. The van der Waals surface area contributed by atoms with Gasteiger partial charge >= 0.3 is 12.1 Å². The van der Waals surface area contributed by atoms with Gasteiger partial charge in [-0.15, -0.1) is 5.10 Å². The topological polar surface area (TPSA) is 87.2 Å². The predicted molar refractivity (Wildman–Crippen MR) is 96.5 cm³/mol. The Bertz CT molecular complexity index is 1040. The summed E-state index contributed by atoms with van der Waals surface area (Å²) >= 11 is 0. The fourth-order valence-corrected chi connectivity index (χ4v) is 2.97. The second-order valence-corrected chi connectivity index (χ2v) is 6.96. The molecule has 0 radical (unpaired) electrons. The van der Waals surface area contributed by atoms with Crippen molar-refractivity contribution < 1.29 is 22.7 Å². The summed E-state index contributed by atoms with van der Waals surface area (Å²) in [7, 11) is 0. The average molecular weight is 410 g/mol. The molecule has 0 atom stereocenters. The van der Waals surface area contributed by atoms with Crippen molar-refractivity contribution >= 4 is 11.7 Å². The minimum absolute atomic E-state index is 0.0655. The van der Waals surface area contributed by atoms with E-state index in [1.165, 1.54) is 0 Å². The van der Waals surface area contributed by atoms with Crippen LogP contribution in [0.15, 0.2) is 12.3 Å². The van der Waals surface area contributed by atoms with E-state index in [1.54, 1.807) is 18.4 Å². The summed E-state index contributed by atoms with van der Waals surface area (Å²) in [6, 6.07) is 1.33. The average Bonchev–Trinajstić information content (AvgIpc) is 3.22. The van der Waals surface area contributed by atoms with Gasteiger partial charge in [0.15, 0.2) is 11.5 Å². The Morgan fingerprint density at radius 2 is 1.97 bits per heavy atom. The highest BCUT2D eigenvalue weighted by Crippen LogP contribution is 2.33. The first kappa shape index (κ1) is 20.7. The predicted octanol–water partition coefficient (Wildman–Crippen LogP) is 3.33. The van der Waals surface area contributed by atoms with E-state index in [4.69, 9.17) is 4.74 Å². The van der Waals surface area contributed by atoms with E-state index >= 15 is 0 Å². The van der Waals surface area contributed by atoms with Gasteiger partial charge in [0.25, 0.3) is 5.78 Å². The molecule has 0 aliphatic rings. The van der Waals surface area contributed by atoms with Crippen molar-refractivity contribution in [2.75, 3.05) is 6.61 Å². The van der Waals surface area contributed by atoms with Crippen LogP contribution in [0.4, 0.5) is 13.2 Å². The maximum atomic E-state index is 13.3. The number of nitrogens with zero attached hydrogens (tertiary/aromatic N) is 6. The molecule has 0 aliphatic heterocycles. The van der Waals surface area contributed by atoms with E-state index < -0.39 is 29.4 Å². The van der Waals surface area contributed by atoms with Gasteiger partial charge in [0.05, 0.1) is 12.8 Å². The van der Waals surface area contributed by atoms with Crippen LogP contribution in [0.3, 0.4) is 0 Å². The fourth-order valence-electron chi connectivity index (χ4n) is 2.97. The molecule has 0 unspecified atom stereocenters. The highest BCUT2D eigenvalue weighted by molar-refractivity contribution is 5.90. The molecule has 0 saturated carbocycles. The largest absolute Gasteiger partial charge is 0.462 e. The molecule has 156 valence electrons. The lowest BCUT2D eigenvalue weighted by Gasteiger charge is -2.14. The van der Waals surface area contributed by atoms with Gasteiger partial charge in [-0.05, 0) is 40.2 Å². The van der Waals surface area contributed by atoms with E-state index in [0.717, 1.165) is 22.3 Å². The number of esters is 1. The van der Waals surface area contributed by atoms with Crippen LogP contribution < -0.4 is 0 Å². The standard InChI is InChI=1S/C18H21F3N6O2/c1-10(2)26-15(18(19,20)21)13(9-22-26)16(28)29-7-5-6-14-24-17-23-11(3)8-12(4)27(17)25-14/h8-10H,5-7H2,1-4H3. The highest BCUT2D eigenvalue weighted by atomic mass is 19.4. The Balaban J connectivity index is 1.63. The maximum absolute atomic E-state index is 13.3. The van der Waals surface area contributed by atoms with Crippen molar-refractivity contribution in [2.24, 2.45) is 0 Å². The Morgan fingerprint density at radius 1 is 1.24 bits per heavy atom. The van der Waals surface area contributed by atoms with Gasteiger partial charge in [-0.3, -0.25) is 4.68 Å². The first-order chi connectivity index (χ1) is 13.6. The maximum Gasteiger partial charge on any atom is 0.433 e. The molecule has 0 aliphatic carbocycles. The molecule has 11 heteroatoms. The smallest absolute Gasteiger partial charge is 0.433 e. The van der Waals surface area contributed by atoms with E-state index in [1.807, 2.05) is 19.9 Å². The number of carbonyl (C=O) groups is 1. The number of halogens is 3. The Kier molecular flexibility index (Phi) is 5.58. The van der Waals surface area contributed by atoms with Crippen LogP contribution in [0, 0.1) is 13.8 Å². The molecule has 0 bridgehead atoms. The van der Waals surface area contributed by atoms with Gasteiger partial charge < -0.3 is 4.74 Å². The third-order valence-corrected chi connectivity index (χ3v) is 4.21. The van der Waals surface area contributed by atoms with Gasteiger partial charge in [0.1, 0.15) is 5.56 Å². The zero-order valence-corrected chi connectivity index (χ0v) is 16.5. The molecule has 0 fully saturated rings. The quantitative estimate of drug-likeness (QED) is 0.458. The lowest BCUT2D eigenvalue weighted by Crippen LogP contribution is -2.20. The molecule has 3 aromatic rings. The first-order valence-corrected chi connectivity index (χ1v) is 9.09. The van der Waals surface area contributed by atoms with Gasteiger partial charge in [0, 0.05) is 23.9 Å². The van der Waals surface area contributed by atoms with E-state index in [9.17, 15) is 18.0 Å². The normalized spacial score (nSPS) is 12.1. The van der Waals surface area contributed by atoms with Crippen LogP contribution >= 0.6 is 0 Å². The molecule has 0 spiro atoms. The Hall–Kier alpha value is -2.98. The van der Waals surface area contributed by atoms with Crippen molar-refractivity contribution in [2.45, 2.75) is 52.8 Å². The minimum Gasteiger partial charge on any atom is -0.462 e. The van der Waals surface area contributed by atoms with Crippen molar-refractivity contribution in [3.63, 3.8) is 0 Å². The summed E-state index contributed by atoms with van der Waals surface area (Å²) < 4.78 is 47.4. The van der Waals surface area contributed by atoms with Gasteiger partial charge in [0.2, 0.25) is 0 Å². The number of hydrogen-bond donors (Lipinski definition) is 0. The molecular formula is C18H21F3N6O2. The fraction of sp³-hybridized carbons (Fsp3) is 0.500. The Labute approximate surface area is 164 Å². The molecule has 3 rings (SSSR count). The van der Waals surface area contributed by atoms with Crippen LogP contribution in [0.2, 0.25) is 0 Å². The van der Waals surface area contributed by atoms with Crippen molar-refractivity contribution in [3.8, 4) is 0 Å². The third kappa shape index (κ3) is 4.38. The van der Waals surface area contributed by atoms with Gasteiger partial charge in [-0.1, -0.05) is 0 Å². The van der Waals surface area contributed by atoms with Crippen molar-refractivity contribution in [1.82, 2.24) is 29.4 Å². The monoisotopic (exact) mass is 410 g/mol. The number of alkyl halides is 3. The second-order valence-electron chi connectivity index (χ2n) is 6.96. The Morgan fingerprint density at radius 3 is 2.62 bits per heavy atom. The number of fused-ring (bicyclic) bond motifs is 1. The minimum atomic E-state index is -4.71. The number of carbonyl (C=O) groups excluding carboxylic acids is 1. The van der Waals surface area contributed by atoms with Crippen LogP contribution in [0.5, 0.6) is 0 Å². The van der Waals surface area contributed by atoms with Gasteiger partial charge in [-0.2, -0.15) is 23.3 Å². The van der Waals surface area contributed by atoms with Crippen LogP contribution in [-0.2, 0) is 17.3 Å². The summed E-state index contributed by atoms with van der Waals surface area (Å²) in [6.45, 7) is 6.79. The molecule has 0 aromatic carbocycles. The molecule has 0 N–H and O–H groups in total. The van der Waals surface area contributed by atoms with Crippen LogP contribution in [0.1, 0.15) is 59.6 Å². The first-order valence-electron chi connectivity index (χ1n) is 9.09. The third-order valence-electron chi connectivity index (χ3n) is 4.21. The second kappa shape index (κ2) is 7.80. The van der Waals surface area contributed by atoms with Crippen molar-refractivity contribution in [3.05, 3.63) is 40.7 Å². The number of aromatic nitrogens is 6. The van der Waals surface area contributed by atoms with E-state index in [2.05, 4.69) is 20.2 Å². The number of aryl methyl sites for hydroxylation is 3. The molecular weight excluding hydrogens is 389 g/mol. The zero-order chi connectivity index (χ0) is 21.3. The summed E-state index contributed by atoms with van der Waals surface area (Å²) in [5, 5.41) is 8.02. The van der Waals surface area contributed by atoms with E-state index in [-0.39, 0.29) is 6.61 Å². The van der Waals surface area contributed by atoms with E-state index in [0.29, 0.717) is 24.4 Å². The molecule has 3 heterocycles. The number of rotatable bonds is 6. The van der Waals surface area contributed by atoms with Crippen LogP contribution in [0.25, 0.3) is 5.78 Å². The summed E-state index contributed by atoms with van der Waals surface area (Å²) in [5.41, 5.74) is 0.0219. The van der Waals surface area contributed by atoms with Gasteiger partial charge in [-0.25, -0.2) is 14.3 Å². The molecule has 0 saturated heterocycles. The molecule has 0 amide bonds. The lowest BCUT2D eigenvalue weighted by atomic mass is 10.2. The summed E-state index contributed by atoms with van der Waals surface area (Å²) in [6.07, 6.45) is -3.06. The molecule has 29 heavy (non-hydrogen) atoms. The summed E-state index contributed by atoms with van der Waals surface area (Å²) in [4.78, 5) is 20.8. The number of ether oxygens (including phenoxy) is 1. The molecule has 3 aromatic heterocycles. The van der Waals surface area contributed by atoms with Crippen molar-refractivity contribution in [1.29, 1.82) is 0 Å². The highest BCUT2D eigenvalue weighted by Gasteiger charge is 2.41. The number of hydrogen-bond acceptors (Lipinski definition) is 6. The zero-order valence-electron chi connectivity index (χ0n) is 16.5. The lowest BCUT2D eigenvalue weighted by molar-refractivity contribution is -0.145. The van der Waals surface area contributed by atoms with Crippen LogP contribution in [-0.4, -0.2) is 41.9 Å². The SMILES string of the molecule is Cc1cc(C)n2nc(CCCOC(=O)c3cnn(C(C)C)c3C(F)(F)F)nc2n1.